The Labute approximate surface area is 118 Å². The van der Waals surface area contributed by atoms with E-state index in [1.54, 1.807) is 0 Å². The Morgan fingerprint density at radius 2 is 1.35 bits per heavy atom. The van der Waals surface area contributed by atoms with Crippen LogP contribution >= 0.6 is 0 Å². The maximum atomic E-state index is 3.31. The maximum Gasteiger partial charge on any atom is 2.00 e. The molecule has 0 aliphatic heterocycles. The zero-order valence-electron chi connectivity index (χ0n) is 10.8. The van der Waals surface area contributed by atoms with E-state index in [-0.39, 0.29) is 21.1 Å². The van der Waals surface area contributed by atoms with Crippen molar-refractivity contribution in [2.45, 2.75) is 27.7 Å². The molecule has 0 N–H and O–H groups in total. The van der Waals surface area contributed by atoms with Gasteiger partial charge in [-0.1, -0.05) is 48.7 Å². The normalized spacial score (nSPS) is 9.88. The first-order valence-electron chi connectivity index (χ1n) is 5.64. The van der Waals surface area contributed by atoms with Crippen molar-refractivity contribution in [3.05, 3.63) is 58.7 Å². The van der Waals surface area contributed by atoms with Gasteiger partial charge in [-0.2, -0.15) is 29.3 Å². The van der Waals surface area contributed by atoms with Crippen LogP contribution in [0.3, 0.4) is 0 Å². The second-order valence-corrected chi connectivity index (χ2v) is 4.57. The Hall–Kier alpha value is -0.872. The molecule has 2 aromatic carbocycles. The minimum Gasteiger partial charge on any atom is -0.180 e. The predicted molar refractivity (Wildman–Crippen MR) is 69.7 cm³/mol. The van der Waals surface area contributed by atoms with Crippen molar-refractivity contribution in [3.63, 3.8) is 0 Å². The molecule has 0 amide bonds. The average molecular weight is 393 g/mol. The molecule has 0 aliphatic rings. The van der Waals surface area contributed by atoms with Crippen LogP contribution in [-0.4, -0.2) is 0 Å². The Bertz CT molecular complexity index is 507. The molecule has 0 nitrogen and oxygen atoms in total. The average Bonchev–Trinajstić information content (AvgIpc) is 2.20. The maximum absolute atomic E-state index is 3.31. The van der Waals surface area contributed by atoms with Gasteiger partial charge in [-0.05, 0) is 13.8 Å². The van der Waals surface area contributed by atoms with Gasteiger partial charge in [-0.3, -0.25) is 0 Å². The smallest absolute Gasteiger partial charge is 0.180 e. The van der Waals surface area contributed by atoms with E-state index in [9.17, 15) is 0 Å². The van der Waals surface area contributed by atoms with E-state index in [0.717, 1.165) is 0 Å². The fraction of sp³-hybridized carbons (Fsp3) is 0.250. The van der Waals surface area contributed by atoms with Crippen molar-refractivity contribution in [3.8, 4) is 11.1 Å². The first kappa shape index (κ1) is 14.2. The van der Waals surface area contributed by atoms with Crippen LogP contribution in [0.25, 0.3) is 11.1 Å². The molecule has 0 spiro atoms. The van der Waals surface area contributed by atoms with Crippen LogP contribution in [0.5, 0.6) is 0 Å². The van der Waals surface area contributed by atoms with Gasteiger partial charge in [0.05, 0.1) is 0 Å². The summed E-state index contributed by atoms with van der Waals surface area (Å²) in [6.45, 7) is 8.51. The summed E-state index contributed by atoms with van der Waals surface area (Å²) < 4.78 is 0. The van der Waals surface area contributed by atoms with E-state index in [0.29, 0.717) is 0 Å². The van der Waals surface area contributed by atoms with Crippen molar-refractivity contribution < 1.29 is 21.1 Å². The first-order valence-corrected chi connectivity index (χ1v) is 5.64. The largest absolute Gasteiger partial charge is 2.00 e. The Balaban J connectivity index is 0.00000144. The van der Waals surface area contributed by atoms with Gasteiger partial charge in [-0.15, -0.1) is 5.56 Å². The van der Waals surface area contributed by atoms with Crippen LogP contribution < -0.4 is 0 Å². The predicted octanol–water partition coefficient (Wildman–Crippen LogP) is 4.38. The first-order chi connectivity index (χ1) is 7.56. The third-order valence-corrected chi connectivity index (χ3v) is 2.96. The van der Waals surface area contributed by atoms with Gasteiger partial charge in [0.15, 0.2) is 0 Å². The molecular formula is C16H17W+. The quantitative estimate of drug-likeness (QED) is 0.631. The number of aryl methyl sites for hydroxylation is 4. The zero-order chi connectivity index (χ0) is 11.7. The standard InChI is InChI=1S/C16H17.W/c1-11-7-12(2)9-16(8-11)15-6-5-13(3)14(4)10-15;/h6-10H,1-4H3;/q-1;+2. The van der Waals surface area contributed by atoms with E-state index in [2.05, 4.69) is 64.1 Å². The summed E-state index contributed by atoms with van der Waals surface area (Å²) in [5, 5.41) is 0. The van der Waals surface area contributed by atoms with E-state index in [4.69, 9.17) is 0 Å². The molecule has 0 unspecified atom stereocenters. The molecule has 2 aromatic rings. The van der Waals surface area contributed by atoms with Crippen molar-refractivity contribution in [1.29, 1.82) is 0 Å². The van der Waals surface area contributed by atoms with Crippen LogP contribution in [0.1, 0.15) is 22.3 Å². The van der Waals surface area contributed by atoms with Gasteiger partial charge in [0.25, 0.3) is 0 Å². The van der Waals surface area contributed by atoms with Crippen molar-refractivity contribution in [2.75, 3.05) is 0 Å². The zero-order valence-corrected chi connectivity index (χ0v) is 13.7. The minimum atomic E-state index is 0. The Morgan fingerprint density at radius 1 is 0.765 bits per heavy atom. The summed E-state index contributed by atoms with van der Waals surface area (Å²) in [5.74, 6) is 0. The minimum absolute atomic E-state index is 0. The van der Waals surface area contributed by atoms with Gasteiger partial charge >= 0.3 is 21.1 Å². The third-order valence-electron chi connectivity index (χ3n) is 2.96. The molecule has 17 heavy (non-hydrogen) atoms. The van der Waals surface area contributed by atoms with Crippen molar-refractivity contribution >= 4 is 0 Å². The van der Waals surface area contributed by atoms with Gasteiger partial charge < -0.3 is 0 Å². The number of rotatable bonds is 1. The molecule has 0 atom stereocenters. The molecular weight excluding hydrogens is 376 g/mol. The van der Waals surface area contributed by atoms with Crippen molar-refractivity contribution in [1.82, 2.24) is 0 Å². The molecule has 0 saturated heterocycles. The molecule has 0 heterocycles. The topological polar surface area (TPSA) is 0 Å². The van der Waals surface area contributed by atoms with Crippen LogP contribution in [0.4, 0.5) is 0 Å². The van der Waals surface area contributed by atoms with Crippen LogP contribution in [-0.2, 0) is 21.1 Å². The van der Waals surface area contributed by atoms with Gasteiger partial charge in [-0.25, -0.2) is 0 Å². The Morgan fingerprint density at radius 3 is 1.88 bits per heavy atom. The van der Waals surface area contributed by atoms with Crippen LogP contribution in [0.15, 0.2) is 30.3 Å². The van der Waals surface area contributed by atoms with Crippen LogP contribution in [0, 0.1) is 33.8 Å². The fourth-order valence-electron chi connectivity index (χ4n) is 1.99. The molecule has 86 valence electrons. The number of hydrogen-bond acceptors (Lipinski definition) is 0. The molecule has 2 rings (SSSR count). The summed E-state index contributed by atoms with van der Waals surface area (Å²) in [6, 6.07) is 14.3. The van der Waals surface area contributed by atoms with E-state index < -0.39 is 0 Å². The summed E-state index contributed by atoms with van der Waals surface area (Å²) in [7, 11) is 0. The summed E-state index contributed by atoms with van der Waals surface area (Å²) in [4.78, 5) is 0. The van der Waals surface area contributed by atoms with E-state index >= 15 is 0 Å². The second-order valence-electron chi connectivity index (χ2n) is 4.57. The van der Waals surface area contributed by atoms with Gasteiger partial charge in [0, 0.05) is 0 Å². The summed E-state index contributed by atoms with van der Waals surface area (Å²) in [5.41, 5.74) is 7.71. The van der Waals surface area contributed by atoms with E-state index in [1.807, 2.05) is 0 Å². The monoisotopic (exact) mass is 393 g/mol. The third kappa shape index (κ3) is 3.30. The number of benzene rings is 2. The summed E-state index contributed by atoms with van der Waals surface area (Å²) in [6.07, 6.45) is 0. The Kier molecular flexibility index (Phi) is 4.71. The molecule has 0 aliphatic carbocycles. The molecule has 0 bridgehead atoms. The fourth-order valence-corrected chi connectivity index (χ4v) is 1.99. The summed E-state index contributed by atoms with van der Waals surface area (Å²) >= 11 is 0. The second kappa shape index (κ2) is 5.65. The van der Waals surface area contributed by atoms with Gasteiger partial charge in [0.2, 0.25) is 0 Å². The number of hydrogen-bond donors (Lipinski definition) is 0. The molecule has 1 heteroatoms. The van der Waals surface area contributed by atoms with E-state index in [1.165, 1.54) is 33.4 Å². The molecule has 0 saturated carbocycles. The molecule has 0 fully saturated rings. The SMILES string of the molecule is Cc1cc(C)cc(-c2c[c-]c(C)c(C)c2)c1.[W+2]. The van der Waals surface area contributed by atoms with Crippen molar-refractivity contribution in [2.24, 2.45) is 0 Å². The van der Waals surface area contributed by atoms with Gasteiger partial charge in [0.1, 0.15) is 0 Å². The molecule has 0 radical (unpaired) electrons. The van der Waals surface area contributed by atoms with Crippen LogP contribution in [0.2, 0.25) is 0 Å². The molecule has 0 aromatic heterocycles.